The summed E-state index contributed by atoms with van der Waals surface area (Å²) in [5, 5.41) is 0.607. The van der Waals surface area contributed by atoms with Crippen molar-refractivity contribution in [3.05, 3.63) is 58.6 Å². The van der Waals surface area contributed by atoms with E-state index >= 15 is 0 Å². The van der Waals surface area contributed by atoms with Gasteiger partial charge in [-0.25, -0.2) is 17.9 Å². The summed E-state index contributed by atoms with van der Waals surface area (Å²) < 4.78 is 37.9. The van der Waals surface area contributed by atoms with Crippen LogP contribution in [0.15, 0.2) is 47.4 Å². The van der Waals surface area contributed by atoms with Gasteiger partial charge in [0.2, 0.25) is 10.0 Å². The van der Waals surface area contributed by atoms with E-state index in [1.54, 1.807) is 37.3 Å². The molecular weight excluding hydrogens is 390 g/mol. The van der Waals surface area contributed by atoms with E-state index in [4.69, 9.17) is 21.1 Å². The topological polar surface area (TPSA) is 81.7 Å². The number of nitrogens with one attached hydrogen (secondary N) is 1. The van der Waals surface area contributed by atoms with Gasteiger partial charge in [-0.2, -0.15) is 0 Å². The molecule has 27 heavy (non-hydrogen) atoms. The van der Waals surface area contributed by atoms with Crippen molar-refractivity contribution in [3.63, 3.8) is 0 Å². The molecule has 0 heterocycles. The lowest BCUT2D eigenvalue weighted by Crippen LogP contribution is -2.26. The third-order valence-corrected chi connectivity index (χ3v) is 5.81. The number of rotatable bonds is 8. The van der Waals surface area contributed by atoms with Gasteiger partial charge in [-0.05, 0) is 61.7 Å². The van der Waals surface area contributed by atoms with Crippen molar-refractivity contribution >= 4 is 27.6 Å². The Kier molecular flexibility index (Phi) is 6.04. The van der Waals surface area contributed by atoms with Crippen LogP contribution in [0.25, 0.3) is 0 Å². The monoisotopic (exact) mass is 409 g/mol. The largest absolute Gasteiger partial charge is 0.490 e. The normalized spacial score (nSPS) is 14.0. The molecular formula is C19H20ClNO5S. The minimum Gasteiger partial charge on any atom is -0.490 e. The van der Waals surface area contributed by atoms with Crippen LogP contribution in [-0.2, 0) is 14.8 Å². The van der Waals surface area contributed by atoms with Gasteiger partial charge in [0.05, 0.1) is 10.5 Å². The molecule has 144 valence electrons. The number of benzene rings is 2. The number of aryl methyl sites for hydroxylation is 1. The smallest absolute Gasteiger partial charge is 0.338 e. The van der Waals surface area contributed by atoms with Crippen molar-refractivity contribution in [1.82, 2.24) is 4.72 Å². The van der Waals surface area contributed by atoms with Gasteiger partial charge in [0.15, 0.2) is 0 Å². The fourth-order valence-electron chi connectivity index (χ4n) is 2.38. The number of esters is 1. The van der Waals surface area contributed by atoms with Gasteiger partial charge in [0, 0.05) is 11.1 Å². The maximum atomic E-state index is 12.3. The van der Waals surface area contributed by atoms with Gasteiger partial charge in [-0.1, -0.05) is 17.7 Å². The molecule has 1 N–H and O–H groups in total. The number of ether oxygens (including phenoxy) is 2. The highest BCUT2D eigenvalue weighted by Gasteiger charge is 2.28. The maximum absolute atomic E-state index is 12.3. The van der Waals surface area contributed by atoms with Crippen molar-refractivity contribution in [2.45, 2.75) is 30.7 Å². The van der Waals surface area contributed by atoms with Crippen molar-refractivity contribution in [1.29, 1.82) is 0 Å². The highest BCUT2D eigenvalue weighted by atomic mass is 35.5. The SMILES string of the molecule is Cc1ccc(S(=O)(=O)NC2CC2)cc1C(=O)OCCOc1ccc(Cl)cc1. The molecule has 0 amide bonds. The molecule has 0 bridgehead atoms. The van der Waals surface area contributed by atoms with Crippen molar-refractivity contribution < 1.29 is 22.7 Å². The standard InChI is InChI=1S/C19H20ClNO5S/c1-13-2-9-17(27(23,24)21-15-5-6-15)12-18(13)19(22)26-11-10-25-16-7-3-14(20)4-8-16/h2-4,7-9,12,15,21H,5-6,10-11H2,1H3. The molecule has 0 atom stereocenters. The summed E-state index contributed by atoms with van der Waals surface area (Å²) in [5.74, 6) is 0.0292. The second-order valence-electron chi connectivity index (χ2n) is 6.31. The quantitative estimate of drug-likeness (QED) is 0.534. The molecule has 3 rings (SSSR count). The molecule has 1 fully saturated rings. The number of halogens is 1. The zero-order valence-electron chi connectivity index (χ0n) is 14.8. The van der Waals surface area contributed by atoms with Gasteiger partial charge in [-0.3, -0.25) is 0 Å². The van der Waals surface area contributed by atoms with Gasteiger partial charge >= 0.3 is 5.97 Å². The lowest BCUT2D eigenvalue weighted by Gasteiger charge is -2.11. The Morgan fingerprint density at radius 3 is 2.52 bits per heavy atom. The predicted molar refractivity (Wildman–Crippen MR) is 102 cm³/mol. The van der Waals surface area contributed by atoms with E-state index in [1.165, 1.54) is 12.1 Å². The van der Waals surface area contributed by atoms with E-state index in [0.717, 1.165) is 12.8 Å². The van der Waals surface area contributed by atoms with E-state index in [-0.39, 0.29) is 29.7 Å². The van der Waals surface area contributed by atoms with Crippen LogP contribution in [0.4, 0.5) is 0 Å². The Morgan fingerprint density at radius 1 is 1.15 bits per heavy atom. The minimum atomic E-state index is -3.63. The highest BCUT2D eigenvalue weighted by molar-refractivity contribution is 7.89. The van der Waals surface area contributed by atoms with Crippen molar-refractivity contribution in [2.75, 3.05) is 13.2 Å². The summed E-state index contributed by atoms with van der Waals surface area (Å²) in [5.41, 5.74) is 0.865. The van der Waals surface area contributed by atoms with Gasteiger partial charge in [0.1, 0.15) is 19.0 Å². The average Bonchev–Trinajstić information content (AvgIpc) is 3.43. The molecule has 0 aliphatic heterocycles. The summed E-state index contributed by atoms with van der Waals surface area (Å²) in [6.07, 6.45) is 1.68. The Bertz CT molecular complexity index is 924. The summed E-state index contributed by atoms with van der Waals surface area (Å²) in [6.45, 7) is 1.94. The third kappa shape index (κ3) is 5.45. The first kappa shape index (κ1) is 19.7. The van der Waals surface area contributed by atoms with Crippen molar-refractivity contribution in [3.8, 4) is 5.75 Å². The predicted octanol–water partition coefficient (Wildman–Crippen LogP) is 3.32. The molecule has 0 aromatic heterocycles. The van der Waals surface area contributed by atoms with E-state index in [9.17, 15) is 13.2 Å². The molecule has 0 unspecified atom stereocenters. The number of sulfonamides is 1. The van der Waals surface area contributed by atoms with Crippen LogP contribution in [0.5, 0.6) is 5.75 Å². The van der Waals surface area contributed by atoms with E-state index in [0.29, 0.717) is 16.3 Å². The van der Waals surface area contributed by atoms with Crippen LogP contribution in [0, 0.1) is 6.92 Å². The van der Waals surface area contributed by atoms with E-state index in [1.807, 2.05) is 0 Å². The third-order valence-electron chi connectivity index (χ3n) is 4.04. The van der Waals surface area contributed by atoms with Crippen LogP contribution in [0.3, 0.4) is 0 Å². The van der Waals surface area contributed by atoms with Gasteiger partial charge in [-0.15, -0.1) is 0 Å². The summed E-state index contributed by atoms with van der Waals surface area (Å²) in [4.78, 5) is 12.4. The fraction of sp³-hybridized carbons (Fsp3) is 0.316. The molecule has 1 saturated carbocycles. The molecule has 1 aliphatic rings. The number of carbonyl (C=O) groups excluding carboxylic acids is 1. The molecule has 2 aromatic carbocycles. The number of carbonyl (C=O) groups is 1. The lowest BCUT2D eigenvalue weighted by atomic mass is 10.1. The number of hydrogen-bond acceptors (Lipinski definition) is 5. The van der Waals surface area contributed by atoms with Crippen LogP contribution in [0.1, 0.15) is 28.8 Å². The summed E-state index contributed by atoms with van der Waals surface area (Å²) in [7, 11) is -3.63. The second kappa shape index (κ2) is 8.29. The van der Waals surface area contributed by atoms with Gasteiger partial charge in [0.25, 0.3) is 0 Å². The molecule has 1 aliphatic carbocycles. The Labute approximate surface area is 163 Å². The molecule has 8 heteroatoms. The Morgan fingerprint density at radius 2 is 1.85 bits per heavy atom. The molecule has 0 saturated heterocycles. The van der Waals surface area contributed by atoms with E-state index in [2.05, 4.69) is 4.72 Å². The molecule has 0 spiro atoms. The Balaban J connectivity index is 1.58. The first-order chi connectivity index (χ1) is 12.8. The summed E-state index contributed by atoms with van der Waals surface area (Å²) >= 11 is 5.80. The molecule has 0 radical (unpaired) electrons. The number of hydrogen-bond donors (Lipinski definition) is 1. The van der Waals surface area contributed by atoms with E-state index < -0.39 is 16.0 Å². The Hall–Kier alpha value is -2.09. The van der Waals surface area contributed by atoms with Crippen LogP contribution < -0.4 is 9.46 Å². The van der Waals surface area contributed by atoms with Crippen LogP contribution in [-0.4, -0.2) is 33.6 Å². The fourth-order valence-corrected chi connectivity index (χ4v) is 3.84. The average molecular weight is 410 g/mol. The lowest BCUT2D eigenvalue weighted by molar-refractivity contribution is 0.0449. The highest BCUT2D eigenvalue weighted by Crippen LogP contribution is 2.23. The molecule has 6 nitrogen and oxygen atoms in total. The second-order valence-corrected chi connectivity index (χ2v) is 8.46. The van der Waals surface area contributed by atoms with Gasteiger partial charge < -0.3 is 9.47 Å². The van der Waals surface area contributed by atoms with Crippen molar-refractivity contribution in [2.24, 2.45) is 0 Å². The minimum absolute atomic E-state index is 0.00304. The molecule has 2 aromatic rings. The van der Waals surface area contributed by atoms with Crippen LogP contribution in [0.2, 0.25) is 5.02 Å². The zero-order valence-corrected chi connectivity index (χ0v) is 16.3. The zero-order chi connectivity index (χ0) is 19.4. The first-order valence-corrected chi connectivity index (χ1v) is 10.4. The maximum Gasteiger partial charge on any atom is 0.338 e. The summed E-state index contributed by atoms with van der Waals surface area (Å²) in [6, 6.07) is 11.3. The van der Waals surface area contributed by atoms with Crippen LogP contribution >= 0.6 is 11.6 Å². The first-order valence-electron chi connectivity index (χ1n) is 8.53.